The number of benzene rings is 2. The number of aromatic hydroxyl groups is 2. The molecule has 12 nitrogen and oxygen atoms in total. The summed E-state index contributed by atoms with van der Waals surface area (Å²) in [6.07, 6.45) is -4.34. The summed E-state index contributed by atoms with van der Waals surface area (Å²) >= 11 is 0. The maximum absolute atomic E-state index is 13.7. The zero-order chi connectivity index (χ0) is 28.4. The van der Waals surface area contributed by atoms with Crippen LogP contribution in [-0.2, 0) is 15.9 Å². The van der Waals surface area contributed by atoms with Gasteiger partial charge < -0.3 is 45.6 Å². The van der Waals surface area contributed by atoms with Crippen molar-refractivity contribution >= 4 is 17.3 Å². The van der Waals surface area contributed by atoms with Gasteiger partial charge in [0, 0.05) is 42.0 Å². The molecule has 0 aromatic heterocycles. The summed E-state index contributed by atoms with van der Waals surface area (Å²) in [6.45, 7) is 2.99. The number of phenols is 2. The van der Waals surface area contributed by atoms with Crippen LogP contribution < -0.4 is 10.5 Å². The summed E-state index contributed by atoms with van der Waals surface area (Å²) in [7, 11) is 1.34. The quantitative estimate of drug-likeness (QED) is 0.120. The van der Waals surface area contributed by atoms with E-state index >= 15 is 0 Å². The van der Waals surface area contributed by atoms with E-state index in [-0.39, 0.29) is 53.0 Å². The molecular formula is C27H30N2O10. The van der Waals surface area contributed by atoms with E-state index in [0.29, 0.717) is 0 Å². The van der Waals surface area contributed by atoms with Crippen LogP contribution in [0, 0.1) is 0 Å². The molecule has 1 saturated heterocycles. The summed E-state index contributed by atoms with van der Waals surface area (Å²) < 4.78 is 17.2. The van der Waals surface area contributed by atoms with Crippen molar-refractivity contribution in [2.45, 2.75) is 69.4 Å². The van der Waals surface area contributed by atoms with Crippen LogP contribution in [0.4, 0.5) is 0 Å². The Hall–Kier alpha value is -3.55. The smallest absolute Gasteiger partial charge is 0.202 e. The Kier molecular flexibility index (Phi) is 6.64. The van der Waals surface area contributed by atoms with E-state index in [0.717, 1.165) is 0 Å². The first-order valence-corrected chi connectivity index (χ1v) is 12.5. The number of nitrogens with zero attached hydrogens (tertiary/aromatic N) is 1. The number of aliphatic hydroxyl groups excluding tert-OH is 1. The lowest BCUT2D eigenvalue weighted by Crippen LogP contribution is -2.52. The predicted molar refractivity (Wildman–Crippen MR) is 135 cm³/mol. The van der Waals surface area contributed by atoms with Gasteiger partial charge in [0.2, 0.25) is 5.78 Å². The van der Waals surface area contributed by atoms with Crippen LogP contribution in [0.3, 0.4) is 0 Å². The van der Waals surface area contributed by atoms with Crippen molar-refractivity contribution in [1.82, 2.24) is 0 Å². The van der Waals surface area contributed by atoms with Gasteiger partial charge in [0.25, 0.3) is 0 Å². The lowest BCUT2D eigenvalue weighted by atomic mass is 9.72. The van der Waals surface area contributed by atoms with Crippen molar-refractivity contribution in [2.75, 3.05) is 7.11 Å². The van der Waals surface area contributed by atoms with Crippen LogP contribution in [0.5, 0.6) is 17.2 Å². The molecule has 2 aromatic carbocycles. The number of methoxy groups -OCH3 is 1. The number of aliphatic hydroxyl groups is 2. The minimum atomic E-state index is -1.85. The molecule has 5 rings (SSSR count). The van der Waals surface area contributed by atoms with Crippen molar-refractivity contribution in [1.29, 1.82) is 0 Å². The summed E-state index contributed by atoms with van der Waals surface area (Å²) in [6, 6.07) is 3.77. The Balaban J connectivity index is 1.69. The largest absolute Gasteiger partial charge is 0.507 e. The van der Waals surface area contributed by atoms with E-state index in [4.69, 9.17) is 19.9 Å². The van der Waals surface area contributed by atoms with Crippen molar-refractivity contribution in [2.24, 2.45) is 10.9 Å². The van der Waals surface area contributed by atoms with Crippen LogP contribution in [0.1, 0.15) is 75.8 Å². The number of carbonyl (C=O) groups excluding carboxylic acids is 2. The fraction of sp³-hybridized carbons (Fsp3) is 0.444. The number of phenolic OH excluding ortho intramolecular Hbond substituents is 2. The van der Waals surface area contributed by atoms with Crippen LogP contribution in [-0.4, -0.2) is 80.2 Å². The zero-order valence-corrected chi connectivity index (χ0v) is 21.5. The first kappa shape index (κ1) is 27.0. The van der Waals surface area contributed by atoms with E-state index in [1.54, 1.807) is 6.92 Å². The Bertz CT molecular complexity index is 1390. The molecule has 2 aromatic rings. The van der Waals surface area contributed by atoms with Crippen LogP contribution in [0.15, 0.2) is 23.4 Å². The average molecular weight is 543 g/mol. The highest BCUT2D eigenvalue weighted by molar-refractivity contribution is 6.31. The molecule has 6 atom stereocenters. The molecule has 39 heavy (non-hydrogen) atoms. The van der Waals surface area contributed by atoms with E-state index in [1.807, 2.05) is 0 Å². The molecule has 0 unspecified atom stereocenters. The van der Waals surface area contributed by atoms with Crippen LogP contribution in [0.2, 0.25) is 0 Å². The van der Waals surface area contributed by atoms with Crippen molar-refractivity contribution < 1.29 is 49.4 Å². The maximum Gasteiger partial charge on any atom is 0.202 e. The van der Waals surface area contributed by atoms with Gasteiger partial charge in [0.1, 0.15) is 22.8 Å². The maximum atomic E-state index is 13.7. The number of ether oxygens (including phenoxy) is 3. The SMILES string of the molecule is COc1cccc2c1C(=O)c1c(O)c3c(c(O)c1C2=O)C[C@](O)(/C(C)=N\O)C[C@@H]3O[C@@H]1C[C@H](N)[C@@H](O)[C@H](C)O1. The lowest BCUT2D eigenvalue weighted by Gasteiger charge is -2.42. The summed E-state index contributed by atoms with van der Waals surface area (Å²) in [5.41, 5.74) is 3.14. The second-order valence-electron chi connectivity index (χ2n) is 10.3. The number of nitrogens with two attached hydrogens (primary N) is 1. The van der Waals surface area contributed by atoms with E-state index in [1.165, 1.54) is 32.2 Å². The highest BCUT2D eigenvalue weighted by Crippen LogP contribution is 2.52. The Morgan fingerprint density at radius 1 is 1.15 bits per heavy atom. The molecule has 0 saturated carbocycles. The fourth-order valence-electron chi connectivity index (χ4n) is 5.76. The van der Waals surface area contributed by atoms with Gasteiger partial charge in [-0.15, -0.1) is 0 Å². The van der Waals surface area contributed by atoms with Gasteiger partial charge >= 0.3 is 0 Å². The van der Waals surface area contributed by atoms with Gasteiger partial charge in [-0.25, -0.2) is 0 Å². The van der Waals surface area contributed by atoms with Gasteiger partial charge in [0.15, 0.2) is 12.1 Å². The number of fused-ring (bicyclic) bond motifs is 3. The normalized spacial score (nSPS) is 30.4. The molecule has 0 bridgehead atoms. The zero-order valence-electron chi connectivity index (χ0n) is 21.5. The lowest BCUT2D eigenvalue weighted by molar-refractivity contribution is -0.245. The Morgan fingerprint density at radius 2 is 1.85 bits per heavy atom. The average Bonchev–Trinajstić information content (AvgIpc) is 2.90. The van der Waals surface area contributed by atoms with Gasteiger partial charge in [-0.3, -0.25) is 9.59 Å². The topological polar surface area (TPSA) is 201 Å². The number of ketones is 2. The standard InChI is InChI=1S/C27H30N2O10/c1-10-22(30)14(28)7-17(38-10)39-16-9-27(35,11(2)29-36)8-13-19(16)26(34)21-20(24(13)32)23(31)12-5-4-6-15(37-3)18(12)25(21)33/h4-6,10,14,16-17,22,30,32,34-36H,7-9,28H2,1-3H3/b29-11-/t10-,14-,16-,17+,22-,27+/m0/s1. The first-order valence-electron chi connectivity index (χ1n) is 12.5. The van der Waals surface area contributed by atoms with Gasteiger partial charge in [0.05, 0.1) is 47.8 Å². The number of hydrogen-bond acceptors (Lipinski definition) is 12. The minimum Gasteiger partial charge on any atom is -0.507 e. The molecule has 12 heteroatoms. The van der Waals surface area contributed by atoms with E-state index < -0.39 is 70.4 Å². The molecule has 0 radical (unpaired) electrons. The molecule has 208 valence electrons. The molecule has 1 heterocycles. The number of rotatable bonds is 4. The number of oxime groups is 1. The van der Waals surface area contributed by atoms with Crippen LogP contribution >= 0.6 is 0 Å². The molecule has 3 aliphatic rings. The van der Waals surface area contributed by atoms with Crippen molar-refractivity contribution in [3.05, 3.63) is 51.6 Å². The summed E-state index contributed by atoms with van der Waals surface area (Å²) in [5, 5.41) is 57.1. The van der Waals surface area contributed by atoms with Gasteiger partial charge in [-0.2, -0.15) is 0 Å². The minimum absolute atomic E-state index is 0.00869. The monoisotopic (exact) mass is 542 g/mol. The fourth-order valence-corrected chi connectivity index (χ4v) is 5.76. The molecule has 1 aliphatic heterocycles. The third-order valence-electron chi connectivity index (χ3n) is 7.97. The molecule has 0 amide bonds. The van der Waals surface area contributed by atoms with Crippen LogP contribution in [0.25, 0.3) is 0 Å². The van der Waals surface area contributed by atoms with Crippen molar-refractivity contribution in [3.63, 3.8) is 0 Å². The second kappa shape index (κ2) is 9.57. The van der Waals surface area contributed by atoms with Gasteiger partial charge in [-0.05, 0) is 19.9 Å². The predicted octanol–water partition coefficient (Wildman–Crippen LogP) is 1.29. The molecule has 2 aliphatic carbocycles. The first-order chi connectivity index (χ1) is 18.4. The summed E-state index contributed by atoms with van der Waals surface area (Å²) in [4.78, 5) is 27.2. The molecule has 1 fully saturated rings. The van der Waals surface area contributed by atoms with Crippen molar-refractivity contribution in [3.8, 4) is 17.2 Å². The highest BCUT2D eigenvalue weighted by Gasteiger charge is 2.49. The Morgan fingerprint density at radius 3 is 2.49 bits per heavy atom. The van der Waals surface area contributed by atoms with Gasteiger partial charge in [-0.1, -0.05) is 17.3 Å². The second-order valence-corrected chi connectivity index (χ2v) is 10.3. The molecule has 7 N–H and O–H groups in total. The highest BCUT2D eigenvalue weighted by atomic mass is 16.7. The third kappa shape index (κ3) is 4.07. The summed E-state index contributed by atoms with van der Waals surface area (Å²) in [5.74, 6) is -2.51. The number of carbonyl (C=O) groups is 2. The molecular weight excluding hydrogens is 512 g/mol. The Labute approximate surface area is 223 Å². The third-order valence-corrected chi connectivity index (χ3v) is 7.97. The molecule has 0 spiro atoms. The van der Waals surface area contributed by atoms with E-state index in [9.17, 15) is 35.2 Å². The van der Waals surface area contributed by atoms with E-state index in [2.05, 4.69) is 5.16 Å². The number of hydrogen-bond donors (Lipinski definition) is 6.